The minimum Gasteiger partial charge on any atom is -0.486 e. The number of benzene rings is 2. The third-order valence-corrected chi connectivity index (χ3v) is 4.24. The Balaban J connectivity index is 1.54. The summed E-state index contributed by atoms with van der Waals surface area (Å²) in [4.78, 5) is 4.38. The van der Waals surface area contributed by atoms with Crippen LogP contribution in [0.1, 0.15) is 11.1 Å². The molecule has 0 unspecified atom stereocenters. The molecule has 5 nitrogen and oxygen atoms in total. The lowest BCUT2D eigenvalue weighted by molar-refractivity contribution is 0.170. The Morgan fingerprint density at radius 2 is 1.92 bits per heavy atom. The van der Waals surface area contributed by atoms with Gasteiger partial charge in [0.1, 0.15) is 13.2 Å². The molecule has 0 amide bonds. The Bertz CT molecular complexity index is 720. The highest BCUT2D eigenvalue weighted by Gasteiger charge is 2.16. The van der Waals surface area contributed by atoms with Gasteiger partial charge < -0.3 is 20.5 Å². The van der Waals surface area contributed by atoms with Crippen LogP contribution in [0.2, 0.25) is 0 Å². The molecule has 0 atom stereocenters. The van der Waals surface area contributed by atoms with Crippen molar-refractivity contribution in [3.8, 4) is 11.5 Å². The maximum Gasteiger partial charge on any atom is 0.188 e. The summed E-state index contributed by atoms with van der Waals surface area (Å²) < 4.78 is 12.1. The Labute approximate surface area is 150 Å². The van der Waals surface area contributed by atoms with Crippen LogP contribution < -0.4 is 20.5 Å². The molecule has 0 saturated carbocycles. The van der Waals surface area contributed by atoms with Crippen molar-refractivity contribution in [2.75, 3.05) is 19.8 Å². The van der Waals surface area contributed by atoms with Gasteiger partial charge >= 0.3 is 0 Å². The average Bonchev–Trinajstić information content (AvgIpc) is 2.61. The van der Waals surface area contributed by atoms with Crippen molar-refractivity contribution in [2.24, 2.45) is 10.7 Å². The first-order valence-electron chi connectivity index (χ1n) is 7.88. The van der Waals surface area contributed by atoms with Crippen molar-refractivity contribution in [3.05, 3.63) is 58.1 Å². The summed E-state index contributed by atoms with van der Waals surface area (Å²) >= 11 is 3.51. The van der Waals surface area contributed by atoms with Crippen molar-refractivity contribution in [2.45, 2.75) is 13.0 Å². The number of nitrogens with one attached hydrogen (secondary N) is 1. The summed E-state index contributed by atoms with van der Waals surface area (Å²) in [6.07, 6.45) is 0.909. The van der Waals surface area contributed by atoms with Gasteiger partial charge in [0.25, 0.3) is 0 Å². The predicted molar refractivity (Wildman–Crippen MR) is 98.6 cm³/mol. The van der Waals surface area contributed by atoms with E-state index in [0.717, 1.165) is 34.5 Å². The summed E-state index contributed by atoms with van der Waals surface area (Å²) in [5, 5.41) is 3.14. The van der Waals surface area contributed by atoms with E-state index in [9.17, 15) is 0 Å². The Morgan fingerprint density at radius 3 is 2.75 bits per heavy atom. The molecular formula is C18H20BrN3O2. The van der Waals surface area contributed by atoms with E-state index < -0.39 is 0 Å². The quantitative estimate of drug-likeness (QED) is 0.609. The molecule has 3 rings (SSSR count). The number of nitrogens with two attached hydrogens (primary N) is 1. The number of hydrogen-bond acceptors (Lipinski definition) is 3. The predicted octanol–water partition coefficient (Wildman–Crippen LogP) is 2.87. The fraction of sp³-hybridized carbons (Fsp3) is 0.278. The topological polar surface area (TPSA) is 68.9 Å². The smallest absolute Gasteiger partial charge is 0.188 e. The molecule has 0 fully saturated rings. The van der Waals surface area contributed by atoms with Crippen LogP contribution in [-0.4, -0.2) is 25.7 Å². The summed E-state index contributed by atoms with van der Waals surface area (Å²) in [6.45, 7) is 2.38. The van der Waals surface area contributed by atoms with E-state index in [1.807, 2.05) is 30.3 Å². The second-order valence-corrected chi connectivity index (χ2v) is 6.32. The number of hydrogen-bond donors (Lipinski definition) is 2. The van der Waals surface area contributed by atoms with E-state index in [2.05, 4.69) is 38.4 Å². The molecule has 0 bridgehead atoms. The first kappa shape index (κ1) is 16.6. The van der Waals surface area contributed by atoms with Gasteiger partial charge in [-0.25, -0.2) is 4.99 Å². The van der Waals surface area contributed by atoms with Gasteiger partial charge in [0.15, 0.2) is 17.5 Å². The highest BCUT2D eigenvalue weighted by atomic mass is 79.9. The molecule has 2 aromatic carbocycles. The summed E-state index contributed by atoms with van der Waals surface area (Å²) in [5.41, 5.74) is 8.22. The third-order valence-electron chi connectivity index (χ3n) is 3.65. The lowest BCUT2D eigenvalue weighted by Crippen LogP contribution is -2.33. The number of fused-ring (bicyclic) bond motifs is 1. The molecule has 0 saturated heterocycles. The van der Waals surface area contributed by atoms with E-state index >= 15 is 0 Å². The fourth-order valence-electron chi connectivity index (χ4n) is 2.47. The van der Waals surface area contributed by atoms with Crippen molar-refractivity contribution in [3.63, 3.8) is 0 Å². The van der Waals surface area contributed by atoms with Crippen LogP contribution in [0.5, 0.6) is 11.5 Å². The van der Waals surface area contributed by atoms with E-state index in [1.54, 1.807) is 0 Å². The molecule has 126 valence electrons. The van der Waals surface area contributed by atoms with Crippen molar-refractivity contribution in [1.82, 2.24) is 5.32 Å². The number of halogens is 1. The number of rotatable bonds is 5. The van der Waals surface area contributed by atoms with E-state index in [-0.39, 0.29) is 0 Å². The second-order valence-electron chi connectivity index (χ2n) is 5.47. The van der Waals surface area contributed by atoms with E-state index in [0.29, 0.717) is 25.7 Å². The summed E-state index contributed by atoms with van der Waals surface area (Å²) in [6, 6.07) is 14.2. The maximum atomic E-state index is 5.93. The second kappa shape index (κ2) is 8.06. The molecule has 0 aliphatic carbocycles. The molecule has 1 aliphatic rings. The highest BCUT2D eigenvalue weighted by molar-refractivity contribution is 9.10. The third kappa shape index (κ3) is 4.41. The molecule has 0 spiro atoms. The normalized spacial score (nSPS) is 13.6. The molecule has 3 N–H and O–H groups in total. The first-order valence-corrected chi connectivity index (χ1v) is 8.67. The minimum absolute atomic E-state index is 0.442. The van der Waals surface area contributed by atoms with Gasteiger partial charge in [0.2, 0.25) is 0 Å². The van der Waals surface area contributed by atoms with Gasteiger partial charge in [-0.1, -0.05) is 30.3 Å². The zero-order valence-corrected chi connectivity index (χ0v) is 14.9. The van der Waals surface area contributed by atoms with Crippen molar-refractivity contribution >= 4 is 21.9 Å². The Morgan fingerprint density at radius 1 is 1.12 bits per heavy atom. The van der Waals surface area contributed by atoms with Gasteiger partial charge in [-0.3, -0.25) is 0 Å². The van der Waals surface area contributed by atoms with Crippen LogP contribution >= 0.6 is 15.9 Å². The van der Waals surface area contributed by atoms with Crippen LogP contribution in [0.3, 0.4) is 0 Å². The van der Waals surface area contributed by atoms with Gasteiger partial charge in [0, 0.05) is 6.54 Å². The monoisotopic (exact) mass is 389 g/mol. The summed E-state index contributed by atoms with van der Waals surface area (Å²) in [7, 11) is 0. The lowest BCUT2D eigenvalue weighted by atomic mass is 10.1. The van der Waals surface area contributed by atoms with Crippen LogP contribution in [0, 0.1) is 0 Å². The zero-order chi connectivity index (χ0) is 16.8. The molecule has 2 aromatic rings. The van der Waals surface area contributed by atoms with Gasteiger partial charge in [0.05, 0.1) is 11.0 Å². The molecule has 1 aliphatic heterocycles. The first-order chi connectivity index (χ1) is 11.7. The van der Waals surface area contributed by atoms with Crippen molar-refractivity contribution < 1.29 is 9.47 Å². The van der Waals surface area contributed by atoms with Gasteiger partial charge in [-0.15, -0.1) is 0 Å². The standard InChI is InChI=1S/C18H20BrN3O2/c19-15-10-14(11-16-17(15)24-9-8-23-16)12-22-18(20)21-7-6-13-4-2-1-3-5-13/h1-5,10-11H,6-9,12H2,(H3,20,21,22). The lowest BCUT2D eigenvalue weighted by Gasteiger charge is -2.20. The zero-order valence-electron chi connectivity index (χ0n) is 13.3. The molecule has 1 heterocycles. The molecule has 0 radical (unpaired) electrons. The van der Waals surface area contributed by atoms with Crippen LogP contribution in [0.4, 0.5) is 0 Å². The average molecular weight is 390 g/mol. The highest BCUT2D eigenvalue weighted by Crippen LogP contribution is 2.38. The summed E-state index contributed by atoms with van der Waals surface area (Å²) in [5.74, 6) is 1.94. The number of aliphatic imine (C=N–C) groups is 1. The minimum atomic E-state index is 0.442. The molecule has 6 heteroatoms. The molecule has 0 aromatic heterocycles. The van der Waals surface area contributed by atoms with Crippen molar-refractivity contribution in [1.29, 1.82) is 0 Å². The molecular weight excluding hydrogens is 370 g/mol. The van der Waals surface area contributed by atoms with Crippen LogP contribution in [0.25, 0.3) is 0 Å². The SMILES string of the molecule is NC(=NCc1cc(Br)c2c(c1)OCCO2)NCCc1ccccc1. The van der Waals surface area contributed by atoms with Crippen LogP contribution in [-0.2, 0) is 13.0 Å². The fourth-order valence-corrected chi connectivity index (χ4v) is 3.07. The van der Waals surface area contributed by atoms with Gasteiger partial charge in [-0.05, 0) is 45.6 Å². The van der Waals surface area contributed by atoms with Crippen LogP contribution in [0.15, 0.2) is 51.9 Å². The molecule has 24 heavy (non-hydrogen) atoms. The van der Waals surface area contributed by atoms with E-state index in [4.69, 9.17) is 15.2 Å². The van der Waals surface area contributed by atoms with E-state index in [1.165, 1.54) is 5.56 Å². The Kier molecular flexibility index (Phi) is 5.59. The number of guanidine groups is 1. The number of ether oxygens (including phenoxy) is 2. The number of nitrogens with zero attached hydrogens (tertiary/aromatic N) is 1. The van der Waals surface area contributed by atoms with Gasteiger partial charge in [-0.2, -0.15) is 0 Å². The maximum absolute atomic E-state index is 5.93. The largest absolute Gasteiger partial charge is 0.486 e. The Hall–Kier alpha value is -2.21.